The van der Waals surface area contributed by atoms with Crippen LogP contribution in [0.4, 0.5) is 0 Å². The average molecular weight is 343 g/mol. The molecule has 0 aromatic carbocycles. The second-order valence-corrected chi connectivity index (χ2v) is 7.16. The lowest BCUT2D eigenvalue weighted by Crippen LogP contribution is -2.41. The quantitative estimate of drug-likeness (QED) is 0.670. The molecule has 0 unspecified atom stereocenters. The summed E-state index contributed by atoms with van der Waals surface area (Å²) in [4.78, 5) is 3.95. The molecule has 1 aliphatic heterocycles. The highest BCUT2D eigenvalue weighted by atomic mass is 35.5. The lowest BCUT2D eigenvalue weighted by atomic mass is 9.77. The number of hydrogen-bond acceptors (Lipinski definition) is 4. The monoisotopic (exact) mass is 342 g/mol. The second kappa shape index (κ2) is 6.50. The number of nitrogens with one attached hydrogen (secondary N) is 1. The van der Waals surface area contributed by atoms with E-state index >= 15 is 0 Å². The first kappa shape index (κ1) is 17.8. The predicted octanol–water partition coefficient (Wildman–Crippen LogP) is 3.62. The van der Waals surface area contributed by atoms with Gasteiger partial charge in [-0.25, -0.2) is 4.98 Å². The van der Waals surface area contributed by atoms with E-state index < -0.39 is 7.12 Å². The molecule has 7 heteroatoms. The minimum atomic E-state index is -0.414. The minimum absolute atomic E-state index is 0.358. The van der Waals surface area contributed by atoms with Crippen LogP contribution >= 0.6 is 23.2 Å². The summed E-state index contributed by atoms with van der Waals surface area (Å²) in [5.41, 5.74) is 1.08. The number of nitrogens with zero attached hydrogens (tertiary/aromatic N) is 1. The Morgan fingerprint density at radius 2 is 1.68 bits per heavy atom. The van der Waals surface area contributed by atoms with E-state index in [1.165, 1.54) is 0 Å². The van der Waals surface area contributed by atoms with E-state index in [2.05, 4.69) is 10.3 Å². The van der Waals surface area contributed by atoms with Crippen molar-refractivity contribution in [3.63, 3.8) is 0 Å². The normalized spacial score (nSPS) is 20.5. The van der Waals surface area contributed by atoms with Crippen molar-refractivity contribution in [2.75, 3.05) is 13.6 Å². The smallest absolute Gasteiger partial charge is 0.400 e. The summed E-state index contributed by atoms with van der Waals surface area (Å²) < 4.78 is 12.2. The van der Waals surface area contributed by atoms with Gasteiger partial charge in [0, 0.05) is 6.54 Å². The molecule has 1 aromatic heterocycles. The van der Waals surface area contributed by atoms with Crippen molar-refractivity contribution in [3.05, 3.63) is 33.5 Å². The largest absolute Gasteiger partial charge is 0.491 e. The van der Waals surface area contributed by atoms with Crippen LogP contribution in [-0.2, 0) is 9.31 Å². The molecule has 1 saturated heterocycles. The maximum Gasteiger partial charge on any atom is 0.491 e. The number of aromatic nitrogens is 1. The van der Waals surface area contributed by atoms with Crippen molar-refractivity contribution < 1.29 is 9.31 Å². The van der Waals surface area contributed by atoms with Crippen molar-refractivity contribution in [2.45, 2.75) is 38.9 Å². The van der Waals surface area contributed by atoms with Crippen LogP contribution in [0.15, 0.2) is 17.6 Å². The molecule has 0 radical (unpaired) electrons. The van der Waals surface area contributed by atoms with E-state index in [9.17, 15) is 0 Å². The van der Waals surface area contributed by atoms with Crippen LogP contribution in [0.3, 0.4) is 0 Å². The molecule has 0 saturated carbocycles. The van der Waals surface area contributed by atoms with E-state index in [0.717, 1.165) is 11.0 Å². The van der Waals surface area contributed by atoms with E-state index in [1.54, 1.807) is 12.1 Å². The number of pyridine rings is 1. The Bertz CT molecular complexity index is 555. The van der Waals surface area contributed by atoms with Crippen molar-refractivity contribution in [1.29, 1.82) is 0 Å². The number of likely N-dealkylation sites (N-methyl/N-ethyl adjacent to an activating group) is 1. The topological polar surface area (TPSA) is 43.4 Å². The molecule has 1 aliphatic rings. The van der Waals surface area contributed by atoms with Crippen LogP contribution in [0.5, 0.6) is 0 Å². The van der Waals surface area contributed by atoms with Crippen LogP contribution in [0.2, 0.25) is 10.3 Å². The average Bonchev–Trinajstić information content (AvgIpc) is 2.56. The summed E-state index contributed by atoms with van der Waals surface area (Å²) in [5, 5.41) is 3.85. The molecule has 1 fully saturated rings. The third-order valence-electron chi connectivity index (χ3n) is 4.07. The predicted molar refractivity (Wildman–Crippen MR) is 92.2 cm³/mol. The molecule has 0 atom stereocenters. The Labute approximate surface area is 142 Å². The van der Waals surface area contributed by atoms with Gasteiger partial charge in [0.05, 0.1) is 11.2 Å². The highest BCUT2D eigenvalue weighted by Gasteiger charge is 2.52. The summed E-state index contributed by atoms with van der Waals surface area (Å²) in [6.07, 6.45) is 1.97. The highest BCUT2D eigenvalue weighted by molar-refractivity contribution is 6.56. The third-order valence-corrected chi connectivity index (χ3v) is 4.46. The first-order valence-electron chi connectivity index (χ1n) is 7.18. The molecule has 22 heavy (non-hydrogen) atoms. The first-order valence-corrected chi connectivity index (χ1v) is 7.94. The molecular weight excluding hydrogens is 322 g/mol. The molecule has 4 nitrogen and oxygen atoms in total. The molecule has 0 bridgehead atoms. The second-order valence-electron chi connectivity index (χ2n) is 6.38. The lowest BCUT2D eigenvalue weighted by molar-refractivity contribution is 0.00578. The van der Waals surface area contributed by atoms with Gasteiger partial charge < -0.3 is 14.6 Å². The number of hydrogen-bond donors (Lipinski definition) is 1. The van der Waals surface area contributed by atoms with Crippen molar-refractivity contribution in [1.82, 2.24) is 10.3 Å². The minimum Gasteiger partial charge on any atom is -0.400 e. The maximum absolute atomic E-state index is 6.10. The summed E-state index contributed by atoms with van der Waals surface area (Å²) in [7, 11) is 1.47. The van der Waals surface area contributed by atoms with Gasteiger partial charge in [-0.05, 0) is 57.9 Å². The summed E-state index contributed by atoms with van der Waals surface area (Å²) in [6.45, 7) is 8.76. The standard InChI is InChI=1S/C15H21BCl2N2O2/c1-14(2)15(3,4)22-16(21-14)11(9-19-5)6-10-7-12(17)20-13(18)8-10/h6-8,19H,9H2,1-5H3. The fourth-order valence-corrected chi connectivity index (χ4v) is 2.66. The Hall–Kier alpha value is -0.585. The van der Waals surface area contributed by atoms with Gasteiger partial charge >= 0.3 is 7.12 Å². The van der Waals surface area contributed by atoms with E-state index in [4.69, 9.17) is 32.5 Å². The van der Waals surface area contributed by atoms with Gasteiger partial charge in [-0.1, -0.05) is 29.3 Å². The summed E-state index contributed by atoms with van der Waals surface area (Å²) >= 11 is 11.9. The number of halogens is 2. The van der Waals surface area contributed by atoms with Gasteiger partial charge in [0.25, 0.3) is 0 Å². The first-order chi connectivity index (χ1) is 10.1. The van der Waals surface area contributed by atoms with Gasteiger partial charge in [-0.15, -0.1) is 0 Å². The Balaban J connectivity index is 2.33. The summed E-state index contributed by atoms with van der Waals surface area (Å²) in [6, 6.07) is 3.52. The van der Waals surface area contributed by atoms with E-state index in [0.29, 0.717) is 16.9 Å². The fourth-order valence-electron chi connectivity index (χ4n) is 2.18. The Kier molecular flexibility index (Phi) is 5.25. The van der Waals surface area contributed by atoms with Crippen LogP contribution in [0.25, 0.3) is 6.08 Å². The number of rotatable bonds is 4. The molecule has 0 aliphatic carbocycles. The van der Waals surface area contributed by atoms with Gasteiger partial charge in [-0.3, -0.25) is 0 Å². The van der Waals surface area contributed by atoms with Gasteiger partial charge in [-0.2, -0.15) is 0 Å². The Morgan fingerprint density at radius 3 is 2.14 bits per heavy atom. The molecule has 2 rings (SSSR count). The van der Waals surface area contributed by atoms with Crippen molar-refractivity contribution >= 4 is 36.4 Å². The van der Waals surface area contributed by atoms with E-state index in [-0.39, 0.29) is 11.2 Å². The van der Waals surface area contributed by atoms with Gasteiger partial charge in [0.2, 0.25) is 0 Å². The van der Waals surface area contributed by atoms with Gasteiger partial charge in [0.15, 0.2) is 0 Å². The molecule has 1 aromatic rings. The van der Waals surface area contributed by atoms with Crippen molar-refractivity contribution in [3.8, 4) is 0 Å². The van der Waals surface area contributed by atoms with Crippen LogP contribution in [0.1, 0.15) is 33.3 Å². The van der Waals surface area contributed by atoms with Crippen LogP contribution < -0.4 is 5.32 Å². The third kappa shape index (κ3) is 3.84. The SMILES string of the molecule is CNCC(=Cc1cc(Cl)nc(Cl)c1)B1OC(C)(C)C(C)(C)O1. The summed E-state index contributed by atoms with van der Waals surface area (Å²) in [5.74, 6) is 0. The fraction of sp³-hybridized carbons (Fsp3) is 0.533. The van der Waals surface area contributed by atoms with Crippen molar-refractivity contribution in [2.24, 2.45) is 0 Å². The Morgan fingerprint density at radius 1 is 1.18 bits per heavy atom. The van der Waals surface area contributed by atoms with Gasteiger partial charge in [0.1, 0.15) is 10.3 Å². The molecule has 0 amide bonds. The van der Waals surface area contributed by atoms with Crippen LogP contribution in [-0.4, -0.2) is 36.9 Å². The zero-order chi connectivity index (χ0) is 16.5. The maximum atomic E-state index is 6.10. The van der Waals surface area contributed by atoms with Crippen LogP contribution in [0, 0.1) is 0 Å². The van der Waals surface area contributed by atoms with E-state index in [1.807, 2.05) is 40.8 Å². The highest BCUT2D eigenvalue weighted by Crippen LogP contribution is 2.38. The molecule has 1 N–H and O–H groups in total. The molecular formula is C15H21BCl2N2O2. The molecule has 2 heterocycles. The zero-order valence-corrected chi connectivity index (χ0v) is 15.0. The molecule has 0 spiro atoms. The lowest BCUT2D eigenvalue weighted by Gasteiger charge is -2.32. The molecule has 120 valence electrons. The zero-order valence-electron chi connectivity index (χ0n) is 13.5.